The standard InChI is InChI=1S/3C4H9.CH3.3Al.O.Ti.3H/c3*1-4(2)3;;;;;;;;;/h3*4H,1H2,2-3H3;1H3;;;;;;;;. The van der Waals surface area contributed by atoms with Crippen LogP contribution in [0.4, 0.5) is 0 Å². The zero-order valence-electron chi connectivity index (χ0n) is 14.0. The van der Waals surface area contributed by atoms with Crippen molar-refractivity contribution in [2.45, 2.75) is 61.5 Å². The molecule has 0 N–H and O–H groups in total. The van der Waals surface area contributed by atoms with Crippen LogP contribution >= 0.6 is 0 Å². The Morgan fingerprint density at radius 1 is 0.889 bits per heavy atom. The van der Waals surface area contributed by atoms with Crippen LogP contribution < -0.4 is 0 Å². The van der Waals surface area contributed by atoms with Gasteiger partial charge in [-0.3, -0.25) is 0 Å². The number of hydrogen-bond acceptors (Lipinski definition) is 1. The van der Waals surface area contributed by atoms with E-state index in [1.54, 1.807) is 14.2 Å². The van der Waals surface area contributed by atoms with Gasteiger partial charge in [0.25, 0.3) is 0 Å². The molecule has 0 aliphatic rings. The molecule has 0 fully saturated rings. The largest absolute Gasteiger partial charge is 0.645 e. The van der Waals surface area contributed by atoms with E-state index in [2.05, 4.69) is 47.3 Å². The minimum absolute atomic E-state index is 0. The van der Waals surface area contributed by atoms with E-state index in [4.69, 9.17) is 2.84 Å². The summed E-state index contributed by atoms with van der Waals surface area (Å²) in [6, 6.07) is 0. The molecular weight excluding hydrogens is 301 g/mol. The van der Waals surface area contributed by atoms with E-state index in [0.29, 0.717) is 0 Å². The van der Waals surface area contributed by atoms with Gasteiger partial charge >= 0.3 is 124 Å². The Morgan fingerprint density at radius 3 is 1.22 bits per heavy atom. The fraction of sp³-hybridized carbons (Fsp3) is 1.00. The van der Waals surface area contributed by atoms with E-state index >= 15 is 0 Å². The van der Waals surface area contributed by atoms with Crippen LogP contribution in [0.5, 0.6) is 0 Å². The van der Waals surface area contributed by atoms with Crippen molar-refractivity contribution in [2.75, 3.05) is 0 Å². The molecule has 0 aliphatic heterocycles. The van der Waals surface area contributed by atoms with Gasteiger partial charge in [-0.05, 0) is 0 Å². The van der Waals surface area contributed by atoms with Gasteiger partial charge in [-0.15, -0.1) is 0 Å². The predicted molar refractivity (Wildman–Crippen MR) is 87.3 cm³/mol. The maximum Gasteiger partial charge on any atom is 0.401 e. The first-order valence-electron chi connectivity index (χ1n) is 7.15. The first kappa shape index (κ1) is 25.2. The summed E-state index contributed by atoms with van der Waals surface area (Å²) >= 11 is 0.257. The summed E-state index contributed by atoms with van der Waals surface area (Å²) in [5.74, 6) is 4.94. The topological polar surface area (TPSA) is 9.23 Å². The van der Waals surface area contributed by atoms with E-state index in [1.165, 1.54) is 0 Å². The van der Waals surface area contributed by atoms with Crippen molar-refractivity contribution in [1.29, 1.82) is 0 Å². The van der Waals surface area contributed by atoms with Crippen LogP contribution in [-0.2, 0) is 20.7 Å². The Kier molecular flexibility index (Phi) is 24.3. The van der Waals surface area contributed by atoms with Crippen molar-refractivity contribution in [3.8, 4) is 0 Å². The quantitative estimate of drug-likeness (QED) is 0.649. The van der Waals surface area contributed by atoms with Gasteiger partial charge in [-0.1, -0.05) is 5.79 Å². The van der Waals surface area contributed by atoms with E-state index < -0.39 is 17.9 Å². The summed E-state index contributed by atoms with van der Waals surface area (Å²) in [4.78, 5) is 0. The molecule has 5 heteroatoms. The van der Waals surface area contributed by atoms with E-state index in [9.17, 15) is 0 Å². The number of rotatable bonds is 7. The summed E-state index contributed by atoms with van der Waals surface area (Å²) in [6.45, 7) is 14.3. The van der Waals surface area contributed by atoms with E-state index in [-0.39, 0.29) is 32.9 Å². The first-order chi connectivity index (χ1) is 7.83. The summed E-state index contributed by atoms with van der Waals surface area (Å²) in [5.41, 5.74) is 0. The molecule has 0 spiro atoms. The van der Waals surface area contributed by atoms with Gasteiger partial charge in [0.2, 0.25) is 0 Å². The summed E-state index contributed by atoms with van der Waals surface area (Å²) in [7, 11) is 0. The summed E-state index contributed by atoms with van der Waals surface area (Å²) in [6.07, 6.45) is 0. The van der Waals surface area contributed by atoms with Gasteiger partial charge in [-0.2, -0.15) is 0 Å². The molecule has 0 heterocycles. The van der Waals surface area contributed by atoms with Crippen LogP contribution in [0.3, 0.4) is 0 Å². The summed E-state index contributed by atoms with van der Waals surface area (Å²) in [5, 5.41) is 0. The maximum absolute atomic E-state index is 4.82. The molecular formula is C13H33Al3OTi. The van der Waals surface area contributed by atoms with Gasteiger partial charge in [0.05, 0.1) is 0 Å². The Bertz CT molecular complexity index is 129. The molecule has 0 aromatic carbocycles. The molecule has 3 radical (unpaired) electrons. The van der Waals surface area contributed by atoms with E-state index in [1.807, 2.05) is 0 Å². The second-order valence-electron chi connectivity index (χ2n) is 6.12. The average molecular weight is 334 g/mol. The fourth-order valence-electron chi connectivity index (χ4n) is 1.98. The molecule has 1 nitrogen and oxygen atoms in total. The predicted octanol–water partition coefficient (Wildman–Crippen LogP) is 3.40. The van der Waals surface area contributed by atoms with Crippen LogP contribution in [0.1, 0.15) is 41.5 Å². The van der Waals surface area contributed by atoms with Crippen molar-refractivity contribution in [2.24, 2.45) is 17.8 Å². The third-order valence-electron chi connectivity index (χ3n) is 2.38. The molecule has 0 saturated carbocycles. The fourth-order valence-corrected chi connectivity index (χ4v) is 8.17. The van der Waals surface area contributed by atoms with Gasteiger partial charge in [0, 0.05) is 17.4 Å². The second-order valence-corrected chi connectivity index (χ2v) is 13.3. The molecule has 0 bridgehead atoms. The normalized spacial score (nSPS) is 9.89. The molecule has 0 aromatic rings. The molecule has 0 aromatic heterocycles. The van der Waals surface area contributed by atoms with Crippen LogP contribution in [-0.4, -0.2) is 49.5 Å². The van der Waals surface area contributed by atoms with Crippen LogP contribution in [0.15, 0.2) is 0 Å². The molecule has 0 amide bonds. The van der Waals surface area contributed by atoms with Crippen molar-refractivity contribution in [3.05, 3.63) is 0 Å². The zero-order valence-corrected chi connectivity index (χ0v) is 20.2. The van der Waals surface area contributed by atoms with Crippen LogP contribution in [0.25, 0.3) is 0 Å². The molecule has 0 atom stereocenters. The first-order valence-corrected chi connectivity index (χ1v) is 13.3. The average Bonchev–Trinajstić information content (AvgIpc) is 2.14. The SMILES string of the molecule is CC(C)[CH2][Ti]([CH2]C(C)C)[CH2]C(C)C.[Al].[CH3][AlH][O][AlH2]. The zero-order chi connectivity index (χ0) is 13.8. The molecule has 0 rings (SSSR count). The summed E-state index contributed by atoms with van der Waals surface area (Å²) < 4.78 is 9.56. The maximum atomic E-state index is 4.82. The smallest absolute Gasteiger partial charge is 0.401 e. The minimum Gasteiger partial charge on any atom is -0.645 e. The van der Waals surface area contributed by atoms with Crippen molar-refractivity contribution in [3.63, 3.8) is 0 Å². The van der Waals surface area contributed by atoms with Gasteiger partial charge in [0.15, 0.2) is 0 Å². The monoisotopic (exact) mass is 334 g/mol. The van der Waals surface area contributed by atoms with E-state index in [0.717, 1.165) is 34.4 Å². The molecule has 0 aliphatic carbocycles. The van der Waals surface area contributed by atoms with Crippen molar-refractivity contribution < 1.29 is 20.7 Å². The molecule has 18 heavy (non-hydrogen) atoms. The van der Waals surface area contributed by atoms with Crippen LogP contribution in [0, 0.1) is 17.8 Å². The van der Waals surface area contributed by atoms with Crippen molar-refractivity contribution in [1.82, 2.24) is 0 Å². The minimum atomic E-state index is -0.681. The molecule has 0 unspecified atom stereocenters. The van der Waals surface area contributed by atoms with Gasteiger partial charge in [0.1, 0.15) is 0 Å². The Morgan fingerprint density at radius 2 is 1.11 bits per heavy atom. The molecule has 104 valence electrons. The van der Waals surface area contributed by atoms with Crippen molar-refractivity contribution >= 4 is 49.5 Å². The second kappa shape index (κ2) is 17.3. The third-order valence-corrected chi connectivity index (χ3v) is 11.2. The van der Waals surface area contributed by atoms with Crippen LogP contribution in [0.2, 0.25) is 20.0 Å². The van der Waals surface area contributed by atoms with Gasteiger partial charge in [-0.25, -0.2) is 0 Å². The Balaban J connectivity index is -0.000000392. The number of hydrogen-bond donors (Lipinski definition) is 0. The Hall–Kier alpha value is 2.27. The third kappa shape index (κ3) is 23.4. The van der Waals surface area contributed by atoms with Gasteiger partial charge < -0.3 is 2.84 Å². The molecule has 0 saturated heterocycles. The Labute approximate surface area is 148 Å².